The van der Waals surface area contributed by atoms with Crippen LogP contribution in [0.3, 0.4) is 0 Å². The van der Waals surface area contributed by atoms with Gasteiger partial charge in [-0.25, -0.2) is 9.18 Å². The second-order valence-electron chi connectivity index (χ2n) is 6.35. The molecule has 1 aromatic heterocycles. The van der Waals surface area contributed by atoms with Crippen molar-refractivity contribution in [3.8, 4) is 0 Å². The number of nitrogens with zero attached hydrogens (tertiary/aromatic N) is 3. The van der Waals surface area contributed by atoms with Gasteiger partial charge in [-0.2, -0.15) is 4.98 Å². The fraction of sp³-hybridized carbons (Fsp3) is 0.471. The minimum atomic E-state index is -0.873. The molecule has 1 aromatic carbocycles. The van der Waals surface area contributed by atoms with Crippen molar-refractivity contribution in [2.24, 2.45) is 5.92 Å². The number of urea groups is 1. The Morgan fingerprint density at radius 3 is 2.88 bits per heavy atom. The molecular formula is C17H21FN4O3. The number of piperidine rings is 1. The zero-order valence-corrected chi connectivity index (χ0v) is 14.1. The standard InChI is InChI=1S/C17H21FN4O3/c1-10-7-8-22(9-14(10)23)17(24)20-15(16-19-11(2)25-21-16)12-5-3-4-6-13(12)18/h3-6,10,14-15,23H,7-9H2,1-2H3,(H,20,24). The van der Waals surface area contributed by atoms with Gasteiger partial charge in [0.25, 0.3) is 0 Å². The fourth-order valence-electron chi connectivity index (χ4n) is 2.87. The van der Waals surface area contributed by atoms with E-state index in [9.17, 15) is 14.3 Å². The third-order valence-corrected chi connectivity index (χ3v) is 4.49. The molecule has 2 aromatic rings. The maximum absolute atomic E-state index is 14.2. The second kappa shape index (κ2) is 7.18. The maximum atomic E-state index is 14.2. The number of aliphatic hydroxyl groups excluding tert-OH is 1. The zero-order chi connectivity index (χ0) is 18.0. The average molecular weight is 348 g/mol. The largest absolute Gasteiger partial charge is 0.391 e. The number of β-amino-alcohol motifs (C(OH)–C–C–N with tert-alkyl or cyclic N) is 1. The number of rotatable bonds is 3. The minimum absolute atomic E-state index is 0.145. The van der Waals surface area contributed by atoms with E-state index in [1.54, 1.807) is 25.1 Å². The monoisotopic (exact) mass is 348 g/mol. The van der Waals surface area contributed by atoms with E-state index in [4.69, 9.17) is 4.52 Å². The van der Waals surface area contributed by atoms with E-state index in [0.717, 1.165) is 0 Å². The molecule has 2 heterocycles. The number of halogens is 1. The molecule has 1 aliphatic rings. The summed E-state index contributed by atoms with van der Waals surface area (Å²) >= 11 is 0. The normalized spacial score (nSPS) is 21.8. The topological polar surface area (TPSA) is 91.5 Å². The molecule has 8 heteroatoms. The number of benzene rings is 1. The third kappa shape index (κ3) is 3.79. The number of likely N-dealkylation sites (tertiary alicyclic amines) is 1. The Balaban J connectivity index is 1.83. The molecule has 0 aliphatic carbocycles. The SMILES string of the molecule is Cc1nc(C(NC(=O)N2CCC(C)C(O)C2)c2ccccc2F)no1. The number of hydrogen-bond acceptors (Lipinski definition) is 5. The molecule has 3 rings (SSSR count). The molecule has 2 amide bonds. The molecule has 0 spiro atoms. The first kappa shape index (κ1) is 17.3. The molecule has 0 radical (unpaired) electrons. The highest BCUT2D eigenvalue weighted by molar-refractivity contribution is 5.75. The Labute approximate surface area is 144 Å². The van der Waals surface area contributed by atoms with Gasteiger partial charge in [-0.15, -0.1) is 0 Å². The lowest BCUT2D eigenvalue weighted by atomic mass is 9.96. The number of carbonyl (C=O) groups excluding carboxylic acids is 1. The van der Waals surface area contributed by atoms with E-state index in [2.05, 4.69) is 15.5 Å². The van der Waals surface area contributed by atoms with Gasteiger partial charge in [0.1, 0.15) is 11.9 Å². The molecule has 0 bridgehead atoms. The van der Waals surface area contributed by atoms with E-state index in [-0.39, 0.29) is 23.9 Å². The summed E-state index contributed by atoms with van der Waals surface area (Å²) in [7, 11) is 0. The lowest BCUT2D eigenvalue weighted by Gasteiger charge is -2.35. The van der Waals surface area contributed by atoms with E-state index in [0.29, 0.717) is 18.9 Å². The number of carbonyl (C=O) groups is 1. The molecule has 1 fully saturated rings. The third-order valence-electron chi connectivity index (χ3n) is 4.49. The van der Waals surface area contributed by atoms with Crippen molar-refractivity contribution >= 4 is 6.03 Å². The first-order valence-electron chi connectivity index (χ1n) is 8.24. The van der Waals surface area contributed by atoms with Crippen molar-refractivity contribution in [2.45, 2.75) is 32.4 Å². The second-order valence-corrected chi connectivity index (χ2v) is 6.35. The summed E-state index contributed by atoms with van der Waals surface area (Å²) in [6.45, 7) is 4.34. The Morgan fingerprint density at radius 1 is 1.48 bits per heavy atom. The number of hydrogen-bond donors (Lipinski definition) is 2. The highest BCUT2D eigenvalue weighted by Gasteiger charge is 2.31. The van der Waals surface area contributed by atoms with Crippen LogP contribution in [0.5, 0.6) is 0 Å². The predicted molar refractivity (Wildman–Crippen MR) is 87.2 cm³/mol. The summed E-state index contributed by atoms with van der Waals surface area (Å²) < 4.78 is 19.2. The smallest absolute Gasteiger partial charge is 0.318 e. The van der Waals surface area contributed by atoms with Gasteiger partial charge in [0, 0.05) is 25.6 Å². The molecule has 2 N–H and O–H groups in total. The van der Waals surface area contributed by atoms with Crippen LogP contribution in [-0.2, 0) is 0 Å². The van der Waals surface area contributed by atoms with E-state index < -0.39 is 24.0 Å². The van der Waals surface area contributed by atoms with Crippen molar-refractivity contribution in [1.82, 2.24) is 20.4 Å². The van der Waals surface area contributed by atoms with Crippen LogP contribution >= 0.6 is 0 Å². The molecule has 3 atom stereocenters. The number of aryl methyl sites for hydroxylation is 1. The van der Waals surface area contributed by atoms with Crippen molar-refractivity contribution < 1.29 is 18.8 Å². The fourth-order valence-corrected chi connectivity index (χ4v) is 2.87. The highest BCUT2D eigenvalue weighted by atomic mass is 19.1. The molecule has 0 saturated carbocycles. The molecule has 134 valence electrons. The first-order chi connectivity index (χ1) is 12.0. The van der Waals surface area contributed by atoms with Crippen LogP contribution in [0.2, 0.25) is 0 Å². The summed E-state index contributed by atoms with van der Waals surface area (Å²) in [5, 5.41) is 16.6. The first-order valence-corrected chi connectivity index (χ1v) is 8.24. The van der Waals surface area contributed by atoms with E-state index in [1.807, 2.05) is 6.92 Å². The summed E-state index contributed by atoms with van der Waals surface area (Å²) in [6, 6.07) is 4.86. The molecule has 1 aliphatic heterocycles. The van der Waals surface area contributed by atoms with Crippen LogP contribution in [0.1, 0.15) is 36.7 Å². The summed E-state index contributed by atoms with van der Waals surface area (Å²) in [5.74, 6) is 0.184. The van der Waals surface area contributed by atoms with Crippen LogP contribution in [0.25, 0.3) is 0 Å². The van der Waals surface area contributed by atoms with Gasteiger partial charge >= 0.3 is 6.03 Å². The Morgan fingerprint density at radius 2 is 2.24 bits per heavy atom. The van der Waals surface area contributed by atoms with Gasteiger partial charge < -0.3 is 19.8 Å². The molecule has 7 nitrogen and oxygen atoms in total. The van der Waals surface area contributed by atoms with Crippen molar-refractivity contribution in [1.29, 1.82) is 0 Å². The van der Waals surface area contributed by atoms with Crippen molar-refractivity contribution in [3.63, 3.8) is 0 Å². The van der Waals surface area contributed by atoms with Gasteiger partial charge in [0.2, 0.25) is 5.89 Å². The number of aromatic nitrogens is 2. The predicted octanol–water partition coefficient (Wildman–Crippen LogP) is 2.02. The Bertz CT molecular complexity index is 751. The quantitative estimate of drug-likeness (QED) is 0.885. The molecule has 1 saturated heterocycles. The van der Waals surface area contributed by atoms with Crippen LogP contribution in [-0.4, -0.2) is 45.4 Å². The van der Waals surface area contributed by atoms with Gasteiger partial charge in [-0.3, -0.25) is 0 Å². The van der Waals surface area contributed by atoms with Gasteiger partial charge in [0.15, 0.2) is 5.82 Å². The van der Waals surface area contributed by atoms with E-state index in [1.165, 1.54) is 11.0 Å². The maximum Gasteiger partial charge on any atom is 0.318 e. The lowest BCUT2D eigenvalue weighted by molar-refractivity contribution is 0.0431. The van der Waals surface area contributed by atoms with Crippen LogP contribution in [0.15, 0.2) is 28.8 Å². The number of nitrogens with one attached hydrogen (secondary N) is 1. The zero-order valence-electron chi connectivity index (χ0n) is 14.1. The summed E-state index contributed by atoms with van der Waals surface area (Å²) in [6.07, 6.45) is 0.138. The van der Waals surface area contributed by atoms with Crippen molar-refractivity contribution in [3.05, 3.63) is 47.4 Å². The van der Waals surface area contributed by atoms with Crippen molar-refractivity contribution in [2.75, 3.05) is 13.1 Å². The molecule has 25 heavy (non-hydrogen) atoms. The van der Waals surface area contributed by atoms with Crippen LogP contribution < -0.4 is 5.32 Å². The Kier molecular flexibility index (Phi) is 4.98. The average Bonchev–Trinajstić information content (AvgIpc) is 3.02. The number of aliphatic hydroxyl groups is 1. The lowest BCUT2D eigenvalue weighted by Crippen LogP contribution is -2.50. The summed E-state index contributed by atoms with van der Waals surface area (Å²) in [4.78, 5) is 18.3. The van der Waals surface area contributed by atoms with E-state index >= 15 is 0 Å². The van der Waals surface area contributed by atoms with Gasteiger partial charge in [-0.05, 0) is 18.4 Å². The Hall–Kier alpha value is -2.48. The van der Waals surface area contributed by atoms with Gasteiger partial charge in [0.05, 0.1) is 6.10 Å². The summed E-state index contributed by atoms with van der Waals surface area (Å²) in [5.41, 5.74) is 0.252. The van der Waals surface area contributed by atoms with Gasteiger partial charge in [-0.1, -0.05) is 30.3 Å². The molecular weight excluding hydrogens is 327 g/mol. The number of amides is 2. The van der Waals surface area contributed by atoms with Crippen LogP contribution in [0, 0.1) is 18.7 Å². The minimum Gasteiger partial charge on any atom is -0.391 e. The molecule has 3 unspecified atom stereocenters. The highest BCUT2D eigenvalue weighted by Crippen LogP contribution is 2.24. The van der Waals surface area contributed by atoms with Crippen LogP contribution in [0.4, 0.5) is 9.18 Å².